The minimum atomic E-state index is -0.728. The molecule has 0 saturated carbocycles. The predicted octanol–water partition coefficient (Wildman–Crippen LogP) is -0.276. The molecule has 1 aliphatic rings. The second-order valence-corrected chi connectivity index (χ2v) is 4.70. The normalized spacial score (nSPS) is 24.6. The predicted molar refractivity (Wildman–Crippen MR) is 64.8 cm³/mol. The molecule has 2 rings (SSSR count). The number of anilines is 2. The van der Waals surface area contributed by atoms with Crippen LogP contribution < -0.4 is 10.6 Å². The first-order chi connectivity index (χ1) is 7.97. The zero-order chi connectivity index (χ0) is 12.6. The van der Waals surface area contributed by atoms with Crippen LogP contribution in [0.2, 0.25) is 0 Å². The van der Waals surface area contributed by atoms with Crippen molar-refractivity contribution in [1.29, 1.82) is 0 Å². The summed E-state index contributed by atoms with van der Waals surface area (Å²) in [6.07, 6.45) is -1.46. The van der Waals surface area contributed by atoms with Crippen molar-refractivity contribution in [2.45, 2.75) is 32.0 Å². The van der Waals surface area contributed by atoms with Crippen LogP contribution in [0.5, 0.6) is 0 Å². The van der Waals surface area contributed by atoms with Crippen LogP contribution in [-0.4, -0.2) is 45.5 Å². The smallest absolute Gasteiger partial charge is 0.135 e. The third kappa shape index (κ3) is 2.48. The number of aliphatic hydroxyl groups is 2. The highest BCUT2D eigenvalue weighted by Gasteiger charge is 2.30. The number of rotatable bonds is 2. The fourth-order valence-corrected chi connectivity index (χ4v) is 1.85. The number of nitrogens with two attached hydrogens (primary N) is 1. The molecular weight excluding hydrogens is 220 g/mol. The molecule has 1 fully saturated rings. The lowest BCUT2D eigenvalue weighted by molar-refractivity contribution is 0.0572. The van der Waals surface area contributed by atoms with E-state index >= 15 is 0 Å². The first-order valence-corrected chi connectivity index (χ1v) is 5.73. The van der Waals surface area contributed by atoms with Gasteiger partial charge < -0.3 is 20.8 Å². The summed E-state index contributed by atoms with van der Waals surface area (Å²) >= 11 is 0. The molecule has 4 N–H and O–H groups in total. The van der Waals surface area contributed by atoms with E-state index in [4.69, 9.17) is 5.73 Å². The van der Waals surface area contributed by atoms with Crippen molar-refractivity contribution in [1.82, 2.24) is 9.97 Å². The Balaban J connectivity index is 2.27. The summed E-state index contributed by atoms with van der Waals surface area (Å²) in [5.74, 6) is 1.94. The van der Waals surface area contributed by atoms with Crippen LogP contribution in [0.4, 0.5) is 11.6 Å². The molecule has 1 aromatic rings. The minimum absolute atomic E-state index is 0.190. The number of nitrogens with zero attached hydrogens (tertiary/aromatic N) is 3. The lowest BCUT2D eigenvalue weighted by atomic mass is 10.2. The molecule has 6 nitrogen and oxygen atoms in total. The summed E-state index contributed by atoms with van der Waals surface area (Å²) in [6, 6.07) is 1.66. The van der Waals surface area contributed by atoms with Crippen molar-refractivity contribution < 1.29 is 10.2 Å². The molecule has 2 heterocycles. The third-order valence-electron chi connectivity index (χ3n) is 2.85. The maximum Gasteiger partial charge on any atom is 0.135 e. The maximum atomic E-state index is 9.51. The average molecular weight is 238 g/mol. The average Bonchev–Trinajstić information content (AvgIpc) is 2.58. The van der Waals surface area contributed by atoms with E-state index < -0.39 is 12.2 Å². The summed E-state index contributed by atoms with van der Waals surface area (Å²) in [5.41, 5.74) is 5.73. The van der Waals surface area contributed by atoms with Crippen LogP contribution in [0.1, 0.15) is 25.6 Å². The van der Waals surface area contributed by atoms with Gasteiger partial charge in [0.2, 0.25) is 0 Å². The number of hydrogen-bond donors (Lipinski definition) is 3. The van der Waals surface area contributed by atoms with E-state index in [1.54, 1.807) is 6.07 Å². The first kappa shape index (κ1) is 12.1. The molecule has 0 radical (unpaired) electrons. The van der Waals surface area contributed by atoms with E-state index in [1.807, 2.05) is 18.7 Å². The van der Waals surface area contributed by atoms with Gasteiger partial charge in [-0.05, 0) is 0 Å². The van der Waals surface area contributed by atoms with Crippen molar-refractivity contribution in [2.24, 2.45) is 0 Å². The SMILES string of the molecule is CC(C)c1nc(N)cc(N2CC(O)C(O)C2)n1. The van der Waals surface area contributed by atoms with Gasteiger partial charge in [0.1, 0.15) is 17.5 Å². The quantitative estimate of drug-likeness (QED) is 0.656. The second-order valence-electron chi connectivity index (χ2n) is 4.70. The molecule has 0 bridgehead atoms. The Bertz CT molecular complexity index is 400. The number of β-amino-alcohol motifs (C(OH)–C–C–N with tert-alkyl or cyclic N) is 2. The minimum Gasteiger partial charge on any atom is -0.389 e. The molecule has 6 heteroatoms. The van der Waals surface area contributed by atoms with Gasteiger partial charge in [-0.1, -0.05) is 13.8 Å². The topological polar surface area (TPSA) is 95.5 Å². The number of aliphatic hydroxyl groups excluding tert-OH is 2. The zero-order valence-corrected chi connectivity index (χ0v) is 10.0. The molecule has 0 spiro atoms. The fraction of sp³-hybridized carbons (Fsp3) is 0.636. The van der Waals surface area contributed by atoms with Crippen molar-refractivity contribution >= 4 is 11.6 Å². The molecule has 94 valence electrons. The highest BCUT2D eigenvalue weighted by Crippen LogP contribution is 2.22. The van der Waals surface area contributed by atoms with Gasteiger partial charge in [-0.2, -0.15) is 0 Å². The Morgan fingerprint density at radius 1 is 1.29 bits per heavy atom. The van der Waals surface area contributed by atoms with Crippen LogP contribution >= 0.6 is 0 Å². The van der Waals surface area contributed by atoms with Gasteiger partial charge in [0.15, 0.2) is 0 Å². The summed E-state index contributed by atoms with van der Waals surface area (Å²) in [6.45, 7) is 4.72. The van der Waals surface area contributed by atoms with Crippen LogP contribution in [0.25, 0.3) is 0 Å². The van der Waals surface area contributed by atoms with Crippen LogP contribution in [-0.2, 0) is 0 Å². The Hall–Kier alpha value is -1.40. The largest absolute Gasteiger partial charge is 0.389 e. The van der Waals surface area contributed by atoms with Crippen LogP contribution in [0.15, 0.2) is 6.07 Å². The van der Waals surface area contributed by atoms with Crippen molar-refractivity contribution in [3.05, 3.63) is 11.9 Å². The van der Waals surface area contributed by atoms with Gasteiger partial charge in [-0.3, -0.25) is 0 Å². The molecule has 0 aliphatic carbocycles. The highest BCUT2D eigenvalue weighted by molar-refractivity contribution is 5.48. The molecule has 2 unspecified atom stereocenters. The summed E-state index contributed by atoms with van der Waals surface area (Å²) in [7, 11) is 0. The molecular formula is C11H18N4O2. The molecule has 0 aromatic carbocycles. The third-order valence-corrected chi connectivity index (χ3v) is 2.85. The van der Waals surface area contributed by atoms with E-state index in [9.17, 15) is 10.2 Å². The van der Waals surface area contributed by atoms with Crippen LogP contribution in [0.3, 0.4) is 0 Å². The number of nitrogen functional groups attached to an aromatic ring is 1. The summed E-state index contributed by atoms with van der Waals surface area (Å²) in [4.78, 5) is 10.4. The van der Waals surface area contributed by atoms with E-state index in [-0.39, 0.29) is 5.92 Å². The molecule has 1 aliphatic heterocycles. The summed E-state index contributed by atoms with van der Waals surface area (Å²) < 4.78 is 0. The van der Waals surface area contributed by atoms with Gasteiger partial charge in [0.05, 0.1) is 12.2 Å². The summed E-state index contributed by atoms with van der Waals surface area (Å²) in [5, 5.41) is 19.0. The lowest BCUT2D eigenvalue weighted by Crippen LogP contribution is -2.23. The van der Waals surface area contributed by atoms with E-state index in [2.05, 4.69) is 9.97 Å². The molecule has 2 atom stereocenters. The monoisotopic (exact) mass is 238 g/mol. The van der Waals surface area contributed by atoms with Crippen molar-refractivity contribution in [3.8, 4) is 0 Å². The van der Waals surface area contributed by atoms with Crippen LogP contribution in [0, 0.1) is 0 Å². The first-order valence-electron chi connectivity index (χ1n) is 5.73. The molecule has 1 saturated heterocycles. The lowest BCUT2D eigenvalue weighted by Gasteiger charge is -2.18. The fourth-order valence-electron chi connectivity index (χ4n) is 1.85. The number of hydrogen-bond acceptors (Lipinski definition) is 6. The molecule has 0 amide bonds. The van der Waals surface area contributed by atoms with Gasteiger partial charge >= 0.3 is 0 Å². The Morgan fingerprint density at radius 3 is 2.41 bits per heavy atom. The van der Waals surface area contributed by atoms with Gasteiger partial charge in [-0.15, -0.1) is 0 Å². The Kier molecular flexibility index (Phi) is 3.17. The van der Waals surface area contributed by atoms with Crippen molar-refractivity contribution in [2.75, 3.05) is 23.7 Å². The highest BCUT2D eigenvalue weighted by atomic mass is 16.3. The molecule has 17 heavy (non-hydrogen) atoms. The van der Waals surface area contributed by atoms with E-state index in [1.165, 1.54) is 0 Å². The Labute approximate surface area is 100 Å². The van der Waals surface area contributed by atoms with E-state index in [0.717, 1.165) is 0 Å². The van der Waals surface area contributed by atoms with Gasteiger partial charge in [0.25, 0.3) is 0 Å². The second kappa shape index (κ2) is 4.46. The van der Waals surface area contributed by atoms with Gasteiger partial charge in [0, 0.05) is 25.1 Å². The van der Waals surface area contributed by atoms with Crippen molar-refractivity contribution in [3.63, 3.8) is 0 Å². The Morgan fingerprint density at radius 2 is 1.88 bits per heavy atom. The number of aromatic nitrogens is 2. The standard InChI is InChI=1S/C11H18N4O2/c1-6(2)11-13-9(12)3-10(14-11)15-4-7(16)8(17)5-15/h3,6-8,16-17H,4-5H2,1-2H3,(H2,12,13,14). The zero-order valence-electron chi connectivity index (χ0n) is 10.0. The van der Waals surface area contributed by atoms with E-state index in [0.29, 0.717) is 30.5 Å². The molecule has 1 aromatic heterocycles. The maximum absolute atomic E-state index is 9.51. The van der Waals surface area contributed by atoms with Gasteiger partial charge in [-0.25, -0.2) is 9.97 Å².